The van der Waals surface area contributed by atoms with Crippen molar-refractivity contribution in [3.63, 3.8) is 0 Å². The summed E-state index contributed by atoms with van der Waals surface area (Å²) in [5.74, 6) is 0.254. The summed E-state index contributed by atoms with van der Waals surface area (Å²) in [7, 11) is -3.49. The van der Waals surface area contributed by atoms with Crippen LogP contribution in [0.5, 0.6) is 0 Å². The molecule has 1 aromatic rings. The van der Waals surface area contributed by atoms with Gasteiger partial charge >= 0.3 is 0 Å². The van der Waals surface area contributed by atoms with Crippen molar-refractivity contribution in [1.82, 2.24) is 4.72 Å². The molecule has 3 N–H and O–H groups in total. The lowest BCUT2D eigenvalue weighted by Gasteiger charge is -2.17. The fraction of sp³-hybridized carbons (Fsp3) is 0.600. The van der Waals surface area contributed by atoms with E-state index in [9.17, 15) is 8.42 Å². The molecule has 1 aliphatic heterocycles. The van der Waals surface area contributed by atoms with Crippen LogP contribution in [0.3, 0.4) is 0 Å². The van der Waals surface area contributed by atoms with Crippen LogP contribution in [0.4, 0.5) is 0 Å². The Bertz CT molecular complexity index is 587. The number of sulfonamides is 1. The van der Waals surface area contributed by atoms with Crippen LogP contribution in [0.1, 0.15) is 30.9 Å². The molecular formula is C15H24N2O3S. The molecule has 0 aromatic heterocycles. The van der Waals surface area contributed by atoms with E-state index in [-0.39, 0.29) is 16.9 Å². The zero-order valence-electron chi connectivity index (χ0n) is 12.6. The van der Waals surface area contributed by atoms with Crippen molar-refractivity contribution in [1.29, 1.82) is 0 Å². The lowest BCUT2D eigenvalue weighted by molar-refractivity contribution is 0.0884. The third-order valence-corrected chi connectivity index (χ3v) is 5.56. The normalized spacial score (nSPS) is 22.6. The van der Waals surface area contributed by atoms with Gasteiger partial charge in [-0.15, -0.1) is 0 Å². The van der Waals surface area contributed by atoms with Crippen molar-refractivity contribution in [2.24, 2.45) is 11.7 Å². The molecular weight excluding hydrogens is 288 g/mol. The van der Waals surface area contributed by atoms with Gasteiger partial charge in [-0.3, -0.25) is 0 Å². The largest absolute Gasteiger partial charge is 0.378 e. The maximum atomic E-state index is 12.4. The summed E-state index contributed by atoms with van der Waals surface area (Å²) >= 11 is 0. The summed E-state index contributed by atoms with van der Waals surface area (Å²) < 4.78 is 33.0. The second-order valence-electron chi connectivity index (χ2n) is 5.51. The summed E-state index contributed by atoms with van der Waals surface area (Å²) in [5.41, 5.74) is 7.50. The second-order valence-corrected chi connectivity index (χ2v) is 7.28. The summed E-state index contributed by atoms with van der Waals surface area (Å²) in [6.07, 6.45) is 1.97. The van der Waals surface area contributed by atoms with Crippen LogP contribution in [-0.2, 0) is 21.3 Å². The van der Waals surface area contributed by atoms with Gasteiger partial charge in [0.15, 0.2) is 0 Å². The van der Waals surface area contributed by atoms with Gasteiger partial charge in [0, 0.05) is 25.6 Å². The smallest absolute Gasteiger partial charge is 0.240 e. The number of hydrogen-bond donors (Lipinski definition) is 2. The number of benzene rings is 1. The van der Waals surface area contributed by atoms with Gasteiger partial charge in [-0.25, -0.2) is 13.1 Å². The Kier molecular flexibility index (Phi) is 5.37. The van der Waals surface area contributed by atoms with Gasteiger partial charge in [-0.2, -0.15) is 0 Å². The van der Waals surface area contributed by atoms with Crippen molar-refractivity contribution in [3.05, 3.63) is 29.3 Å². The fourth-order valence-electron chi connectivity index (χ4n) is 2.71. The van der Waals surface area contributed by atoms with Gasteiger partial charge in [-0.05, 0) is 43.0 Å². The molecule has 0 bridgehead atoms. The van der Waals surface area contributed by atoms with Crippen LogP contribution >= 0.6 is 0 Å². The molecule has 5 nitrogen and oxygen atoms in total. The molecule has 2 unspecified atom stereocenters. The Morgan fingerprint density at radius 1 is 1.43 bits per heavy atom. The zero-order chi connectivity index (χ0) is 15.5. The quantitative estimate of drug-likeness (QED) is 0.835. The summed E-state index contributed by atoms with van der Waals surface area (Å²) in [4.78, 5) is 0.278. The lowest BCUT2D eigenvalue weighted by Crippen LogP contribution is -2.32. The van der Waals surface area contributed by atoms with Gasteiger partial charge in [0.25, 0.3) is 0 Å². The van der Waals surface area contributed by atoms with Crippen molar-refractivity contribution in [2.75, 3.05) is 13.2 Å². The maximum Gasteiger partial charge on any atom is 0.240 e. The highest BCUT2D eigenvalue weighted by Crippen LogP contribution is 2.23. The second kappa shape index (κ2) is 6.87. The van der Waals surface area contributed by atoms with E-state index in [2.05, 4.69) is 11.6 Å². The van der Waals surface area contributed by atoms with Gasteiger partial charge < -0.3 is 10.5 Å². The Labute approximate surface area is 126 Å². The molecule has 1 heterocycles. The summed E-state index contributed by atoms with van der Waals surface area (Å²) in [6, 6.07) is 5.07. The molecule has 0 aliphatic carbocycles. The topological polar surface area (TPSA) is 81.4 Å². The van der Waals surface area contributed by atoms with Crippen LogP contribution in [-0.4, -0.2) is 27.7 Å². The van der Waals surface area contributed by atoms with E-state index in [0.717, 1.165) is 24.0 Å². The van der Waals surface area contributed by atoms with Crippen molar-refractivity contribution >= 4 is 10.0 Å². The van der Waals surface area contributed by atoms with E-state index in [0.29, 0.717) is 19.7 Å². The molecule has 1 aromatic carbocycles. The van der Waals surface area contributed by atoms with Crippen molar-refractivity contribution in [2.45, 2.75) is 44.2 Å². The average Bonchev–Trinajstić information content (AvgIpc) is 2.93. The molecule has 1 aliphatic rings. The number of rotatable bonds is 6. The predicted molar refractivity (Wildman–Crippen MR) is 82.4 cm³/mol. The minimum atomic E-state index is -3.49. The highest BCUT2D eigenvalue weighted by molar-refractivity contribution is 7.89. The number of nitrogens with two attached hydrogens (primary N) is 1. The predicted octanol–water partition coefficient (Wildman–Crippen LogP) is 1.55. The molecule has 0 amide bonds. The molecule has 6 heteroatoms. The Balaban J connectivity index is 2.08. The number of nitrogens with one attached hydrogen (secondary N) is 1. The van der Waals surface area contributed by atoms with E-state index < -0.39 is 10.0 Å². The van der Waals surface area contributed by atoms with E-state index in [1.165, 1.54) is 0 Å². The summed E-state index contributed by atoms with van der Waals surface area (Å²) in [5, 5.41) is 0. The van der Waals surface area contributed by atoms with Crippen LogP contribution < -0.4 is 10.5 Å². The van der Waals surface area contributed by atoms with Gasteiger partial charge in [0.1, 0.15) is 0 Å². The SMILES string of the molecule is CCC1OCCC1CNS(=O)(=O)c1ccc(C)c(CN)c1. The lowest BCUT2D eigenvalue weighted by atomic mass is 10.0. The molecule has 0 saturated carbocycles. The monoisotopic (exact) mass is 312 g/mol. The first-order chi connectivity index (χ1) is 9.97. The Hall–Kier alpha value is -0.950. The maximum absolute atomic E-state index is 12.4. The fourth-order valence-corrected chi connectivity index (χ4v) is 3.86. The van der Waals surface area contributed by atoms with Crippen LogP contribution in [0.25, 0.3) is 0 Å². The standard InChI is InChI=1S/C15H24N2O3S/c1-3-15-12(6-7-20-15)10-17-21(18,19)14-5-4-11(2)13(8-14)9-16/h4-5,8,12,15,17H,3,6-7,9-10,16H2,1-2H3. The minimum absolute atomic E-state index is 0.158. The molecule has 1 fully saturated rings. The van der Waals surface area contributed by atoms with Gasteiger partial charge in [-0.1, -0.05) is 13.0 Å². The van der Waals surface area contributed by atoms with Gasteiger partial charge in [0.05, 0.1) is 11.0 Å². The van der Waals surface area contributed by atoms with Crippen LogP contribution in [0, 0.1) is 12.8 Å². The molecule has 1 saturated heterocycles. The first-order valence-electron chi connectivity index (χ1n) is 7.38. The van der Waals surface area contributed by atoms with Gasteiger partial charge in [0.2, 0.25) is 10.0 Å². The number of ether oxygens (including phenoxy) is 1. The molecule has 0 radical (unpaired) electrons. The van der Waals surface area contributed by atoms with E-state index >= 15 is 0 Å². The number of hydrogen-bond acceptors (Lipinski definition) is 4. The van der Waals surface area contributed by atoms with E-state index in [1.807, 2.05) is 6.92 Å². The highest BCUT2D eigenvalue weighted by atomic mass is 32.2. The van der Waals surface area contributed by atoms with E-state index in [4.69, 9.17) is 10.5 Å². The Morgan fingerprint density at radius 3 is 2.86 bits per heavy atom. The zero-order valence-corrected chi connectivity index (χ0v) is 13.4. The average molecular weight is 312 g/mol. The Morgan fingerprint density at radius 2 is 2.19 bits per heavy atom. The van der Waals surface area contributed by atoms with E-state index in [1.54, 1.807) is 18.2 Å². The van der Waals surface area contributed by atoms with Crippen LogP contribution in [0.15, 0.2) is 23.1 Å². The minimum Gasteiger partial charge on any atom is -0.378 e. The first-order valence-corrected chi connectivity index (χ1v) is 8.87. The molecule has 21 heavy (non-hydrogen) atoms. The molecule has 2 rings (SSSR count). The molecule has 118 valence electrons. The number of aryl methyl sites for hydroxylation is 1. The van der Waals surface area contributed by atoms with Crippen molar-refractivity contribution < 1.29 is 13.2 Å². The highest BCUT2D eigenvalue weighted by Gasteiger charge is 2.28. The van der Waals surface area contributed by atoms with Crippen LogP contribution in [0.2, 0.25) is 0 Å². The third-order valence-electron chi connectivity index (χ3n) is 4.14. The molecule has 0 spiro atoms. The third kappa shape index (κ3) is 3.83. The molecule has 2 atom stereocenters. The van der Waals surface area contributed by atoms with Crippen molar-refractivity contribution in [3.8, 4) is 0 Å². The summed E-state index contributed by atoms with van der Waals surface area (Å²) in [6.45, 7) is 5.46. The first kappa shape index (κ1) is 16.4.